The molecule has 0 atom stereocenters. The zero-order chi connectivity index (χ0) is 0. The molecule has 0 aromatic heterocycles. The van der Waals surface area contributed by atoms with E-state index in [0.29, 0.717) is 0 Å². The fourth-order valence-corrected chi connectivity index (χ4v) is 0. The zero-order valence-electron chi connectivity index (χ0n) is 4.95. The monoisotopic (exact) mass is 647 g/mol. The van der Waals surface area contributed by atoms with Crippen LogP contribution in [0, 0.1) is 0 Å². The topological polar surface area (TPSA) is 0 Å². The molecule has 14 valence electrons. The van der Waals surface area contributed by atoms with Crippen LogP contribution in [-0.2, 0) is 168 Å². The van der Waals surface area contributed by atoms with Crippen LogP contribution in [-0.4, -0.2) is 0 Å². The summed E-state index contributed by atoms with van der Waals surface area (Å²) < 4.78 is 0. The second kappa shape index (κ2) is 41.7. The molecule has 7 heteroatoms. The van der Waals surface area contributed by atoms with Crippen molar-refractivity contribution in [2.75, 3.05) is 0 Å². The summed E-state index contributed by atoms with van der Waals surface area (Å²) in [7, 11) is 0. The van der Waals surface area contributed by atoms with Crippen molar-refractivity contribution in [3.63, 3.8) is 0 Å². The van der Waals surface area contributed by atoms with Gasteiger partial charge in [0.1, 0.15) is 0 Å². The number of hydrogen-bond acceptors (Lipinski definition) is 0. The largest absolute Gasteiger partial charge is 0 e. The van der Waals surface area contributed by atoms with E-state index in [4.69, 9.17) is 0 Å². The number of rotatable bonds is 0. The molecule has 0 heterocycles. The molecule has 0 nitrogen and oxygen atoms in total. The van der Waals surface area contributed by atoms with E-state index in [1.807, 2.05) is 0 Å². The third kappa shape index (κ3) is 34.2. The summed E-state index contributed by atoms with van der Waals surface area (Å²) in [6.07, 6.45) is 0. The summed E-state index contributed by atoms with van der Waals surface area (Å²) >= 11 is 0. The van der Waals surface area contributed by atoms with E-state index in [1.54, 1.807) is 0 Å². The standard InChI is InChI=1S/4Cd.3Zn. The van der Waals surface area contributed by atoms with Gasteiger partial charge in [0.05, 0.1) is 0 Å². The minimum atomic E-state index is 0. The van der Waals surface area contributed by atoms with Crippen LogP contribution in [0.5, 0.6) is 0 Å². The summed E-state index contributed by atoms with van der Waals surface area (Å²) in [6, 6.07) is 0. The van der Waals surface area contributed by atoms with Crippen LogP contribution in [0.25, 0.3) is 0 Å². The first-order chi connectivity index (χ1) is 0. The Morgan fingerprint density at radius 3 is 0.286 bits per heavy atom. The van der Waals surface area contributed by atoms with Crippen LogP contribution in [0.1, 0.15) is 0 Å². The Bertz CT molecular complexity index is 6.90. The molecule has 0 saturated carbocycles. The van der Waals surface area contributed by atoms with Crippen molar-refractivity contribution in [3.8, 4) is 0 Å². The van der Waals surface area contributed by atoms with Crippen molar-refractivity contribution in [2.24, 2.45) is 0 Å². The van der Waals surface area contributed by atoms with Gasteiger partial charge in [-0.25, -0.2) is 0 Å². The van der Waals surface area contributed by atoms with Gasteiger partial charge in [-0.3, -0.25) is 0 Å². The van der Waals surface area contributed by atoms with Gasteiger partial charge in [-0.15, -0.1) is 0 Å². The quantitative estimate of drug-likeness (QED) is 0.326. The molecule has 7 heavy (non-hydrogen) atoms. The smallest absolute Gasteiger partial charge is 0 e. The van der Waals surface area contributed by atoms with Gasteiger partial charge in [-0.2, -0.15) is 0 Å². The molecular formula is Cd4Zn3. The minimum Gasteiger partial charge on any atom is 0 e. The third-order valence-electron chi connectivity index (χ3n) is 0. The van der Waals surface area contributed by atoms with Crippen LogP contribution in [0.4, 0.5) is 0 Å². The molecule has 0 spiro atoms. The molecule has 0 rings (SSSR count). The van der Waals surface area contributed by atoms with Crippen molar-refractivity contribution in [1.29, 1.82) is 0 Å². The molecule has 0 aromatic rings. The Hall–Kier alpha value is 5.56. The Morgan fingerprint density at radius 2 is 0.286 bits per heavy atom. The van der Waals surface area contributed by atoms with E-state index in [9.17, 15) is 0 Å². The van der Waals surface area contributed by atoms with E-state index in [-0.39, 0.29) is 168 Å². The van der Waals surface area contributed by atoms with Gasteiger partial charge in [0, 0.05) is 168 Å². The molecule has 0 amide bonds. The second-order valence-corrected chi connectivity index (χ2v) is 0. The summed E-state index contributed by atoms with van der Waals surface area (Å²) in [5.74, 6) is 0. The summed E-state index contributed by atoms with van der Waals surface area (Å²) in [6.45, 7) is 0. The first-order valence-corrected chi connectivity index (χ1v) is 0. The van der Waals surface area contributed by atoms with Crippen molar-refractivity contribution >= 4 is 0 Å². The maximum atomic E-state index is 0. The van der Waals surface area contributed by atoms with Gasteiger partial charge in [0.15, 0.2) is 0 Å². The Labute approximate surface area is 163 Å². The zero-order valence-corrected chi connectivity index (χ0v) is 30.0. The second-order valence-electron chi connectivity index (χ2n) is 0. The molecule has 0 N–H and O–H groups in total. The maximum absolute atomic E-state index is 0. The van der Waals surface area contributed by atoms with Gasteiger partial charge in [-0.1, -0.05) is 0 Å². The maximum Gasteiger partial charge on any atom is 0 e. The van der Waals surface area contributed by atoms with E-state index >= 15 is 0 Å². The fourth-order valence-electron chi connectivity index (χ4n) is 0. The predicted octanol–water partition coefficient (Wildman–Crippen LogP) is -0.0175. The van der Waals surface area contributed by atoms with Crippen LogP contribution in [0.15, 0.2) is 0 Å². The van der Waals surface area contributed by atoms with Crippen molar-refractivity contribution in [2.45, 2.75) is 0 Å². The molecule has 0 radical (unpaired) electrons. The van der Waals surface area contributed by atoms with Crippen LogP contribution < -0.4 is 0 Å². The predicted molar refractivity (Wildman–Crippen MR) is 0 cm³/mol. The van der Waals surface area contributed by atoms with Crippen molar-refractivity contribution in [3.05, 3.63) is 0 Å². The van der Waals surface area contributed by atoms with Crippen molar-refractivity contribution in [1.82, 2.24) is 0 Å². The molecular weight excluding hydrogens is 646 g/mol. The molecule has 0 aliphatic carbocycles. The van der Waals surface area contributed by atoms with Crippen LogP contribution in [0.2, 0.25) is 0 Å². The first kappa shape index (κ1) is 54.3. The summed E-state index contributed by atoms with van der Waals surface area (Å²) in [4.78, 5) is 0. The molecule has 0 aliphatic heterocycles. The van der Waals surface area contributed by atoms with E-state index in [2.05, 4.69) is 0 Å². The normalized spacial score (nSPS) is 0. The molecule has 0 unspecified atom stereocenters. The van der Waals surface area contributed by atoms with E-state index in [1.165, 1.54) is 0 Å². The third-order valence-corrected chi connectivity index (χ3v) is 0. The van der Waals surface area contributed by atoms with Gasteiger partial charge in [0.2, 0.25) is 0 Å². The van der Waals surface area contributed by atoms with E-state index in [0.717, 1.165) is 0 Å². The molecule has 0 saturated heterocycles. The Balaban J connectivity index is 0. The average molecular weight is 646 g/mol. The molecule has 0 aliphatic rings. The van der Waals surface area contributed by atoms with E-state index < -0.39 is 0 Å². The Kier molecular flexibility index (Phi) is 324. The minimum absolute atomic E-state index is 0. The van der Waals surface area contributed by atoms with Gasteiger partial charge in [0.25, 0.3) is 0 Å². The van der Waals surface area contributed by atoms with Crippen LogP contribution >= 0.6 is 0 Å². The Morgan fingerprint density at radius 1 is 0.286 bits per heavy atom. The van der Waals surface area contributed by atoms with Crippen molar-refractivity contribution < 1.29 is 168 Å². The molecule has 0 fully saturated rings. The SMILES string of the molecule is [Cd].[Cd].[Cd].[Cd].[Zn].[Zn].[Zn]. The van der Waals surface area contributed by atoms with Crippen LogP contribution in [0.3, 0.4) is 0 Å². The molecule has 0 aromatic carbocycles. The number of hydrogen-bond donors (Lipinski definition) is 0. The van der Waals surface area contributed by atoms with Gasteiger partial charge in [-0.05, 0) is 0 Å². The average Bonchev–Trinajstić information content (AvgIpc) is 0. The first-order valence-electron chi connectivity index (χ1n) is 0. The van der Waals surface area contributed by atoms with Gasteiger partial charge < -0.3 is 0 Å². The summed E-state index contributed by atoms with van der Waals surface area (Å²) in [5.41, 5.74) is 0. The summed E-state index contributed by atoms with van der Waals surface area (Å²) in [5, 5.41) is 0. The fraction of sp³-hybridized carbons (Fsp3) is 0. The molecule has 0 bridgehead atoms. The van der Waals surface area contributed by atoms with Gasteiger partial charge >= 0.3 is 0 Å².